The minimum atomic E-state index is -0.440. The highest BCUT2D eigenvalue weighted by Gasteiger charge is 2.36. The van der Waals surface area contributed by atoms with Gasteiger partial charge in [-0.15, -0.1) is 0 Å². The first-order chi connectivity index (χ1) is 7.47. The van der Waals surface area contributed by atoms with Gasteiger partial charge in [0.2, 0.25) is 0 Å². The molecule has 0 atom stereocenters. The number of allylic oxidation sites excluding steroid dienone is 1. The van der Waals surface area contributed by atoms with Gasteiger partial charge in [-0.1, -0.05) is 0 Å². The van der Waals surface area contributed by atoms with Gasteiger partial charge in [0.05, 0.1) is 12.2 Å². The van der Waals surface area contributed by atoms with Gasteiger partial charge in [0.25, 0.3) is 0 Å². The molecule has 1 aliphatic carbocycles. The SMILES string of the molecule is CC(C)(C)OC(=O)N1CCOC=C1C1CC1. The molecule has 90 valence electrons. The van der Waals surface area contributed by atoms with E-state index in [0.29, 0.717) is 19.1 Å². The standard InChI is InChI=1S/C12H19NO3/c1-12(2,3)16-11(14)13-6-7-15-8-10(13)9-4-5-9/h8-9H,4-7H2,1-3H3. The Morgan fingerprint density at radius 1 is 1.50 bits per heavy atom. The van der Waals surface area contributed by atoms with Crippen LogP contribution in [0.5, 0.6) is 0 Å². The van der Waals surface area contributed by atoms with Crippen molar-refractivity contribution in [1.29, 1.82) is 0 Å². The molecule has 4 heteroatoms. The van der Waals surface area contributed by atoms with Crippen LogP contribution in [-0.4, -0.2) is 29.7 Å². The highest BCUT2D eigenvalue weighted by Crippen LogP contribution is 2.39. The Kier molecular flexibility index (Phi) is 2.82. The molecule has 4 nitrogen and oxygen atoms in total. The predicted molar refractivity (Wildman–Crippen MR) is 59.7 cm³/mol. The quantitative estimate of drug-likeness (QED) is 0.688. The van der Waals surface area contributed by atoms with Crippen LogP contribution in [0.4, 0.5) is 4.79 Å². The van der Waals surface area contributed by atoms with Gasteiger partial charge in [0, 0.05) is 5.92 Å². The second-order valence-electron chi connectivity index (χ2n) is 5.32. The molecule has 2 aliphatic rings. The minimum Gasteiger partial charge on any atom is -0.497 e. The normalized spacial score (nSPS) is 21.2. The average Bonchev–Trinajstić information content (AvgIpc) is 2.98. The van der Waals surface area contributed by atoms with Crippen molar-refractivity contribution < 1.29 is 14.3 Å². The maximum Gasteiger partial charge on any atom is 0.414 e. The van der Waals surface area contributed by atoms with Gasteiger partial charge in [0.1, 0.15) is 18.5 Å². The number of hydrogen-bond donors (Lipinski definition) is 0. The van der Waals surface area contributed by atoms with E-state index in [0.717, 1.165) is 18.5 Å². The summed E-state index contributed by atoms with van der Waals surface area (Å²) < 4.78 is 10.7. The number of ether oxygens (including phenoxy) is 2. The van der Waals surface area contributed by atoms with Crippen LogP contribution in [0.1, 0.15) is 33.6 Å². The van der Waals surface area contributed by atoms with Crippen LogP contribution >= 0.6 is 0 Å². The summed E-state index contributed by atoms with van der Waals surface area (Å²) in [5.41, 5.74) is 0.546. The molecule has 1 heterocycles. The highest BCUT2D eigenvalue weighted by atomic mass is 16.6. The maximum atomic E-state index is 12.0. The van der Waals surface area contributed by atoms with Crippen molar-refractivity contribution in [3.05, 3.63) is 12.0 Å². The third-order valence-corrected chi connectivity index (χ3v) is 2.56. The molecule has 0 saturated heterocycles. The summed E-state index contributed by atoms with van der Waals surface area (Å²) >= 11 is 0. The highest BCUT2D eigenvalue weighted by molar-refractivity contribution is 5.70. The summed E-state index contributed by atoms with van der Waals surface area (Å²) in [4.78, 5) is 13.7. The second kappa shape index (κ2) is 4.00. The molecular formula is C12H19NO3. The lowest BCUT2D eigenvalue weighted by atomic mass is 10.2. The molecule has 0 unspecified atom stereocenters. The summed E-state index contributed by atoms with van der Waals surface area (Å²) in [6, 6.07) is 0. The van der Waals surface area contributed by atoms with Gasteiger partial charge in [-0.3, -0.25) is 4.90 Å². The molecule has 16 heavy (non-hydrogen) atoms. The van der Waals surface area contributed by atoms with Crippen molar-refractivity contribution in [2.24, 2.45) is 5.92 Å². The Morgan fingerprint density at radius 2 is 2.19 bits per heavy atom. The van der Waals surface area contributed by atoms with Crippen molar-refractivity contribution in [3.8, 4) is 0 Å². The lowest BCUT2D eigenvalue weighted by Crippen LogP contribution is -2.40. The largest absolute Gasteiger partial charge is 0.497 e. The minimum absolute atomic E-state index is 0.256. The van der Waals surface area contributed by atoms with Crippen molar-refractivity contribution in [3.63, 3.8) is 0 Å². The molecule has 1 amide bonds. The van der Waals surface area contributed by atoms with E-state index in [9.17, 15) is 4.79 Å². The molecule has 0 aromatic rings. The van der Waals surface area contributed by atoms with Crippen molar-refractivity contribution >= 4 is 6.09 Å². The third kappa shape index (κ3) is 2.68. The first-order valence-corrected chi connectivity index (χ1v) is 5.79. The van der Waals surface area contributed by atoms with E-state index >= 15 is 0 Å². The fourth-order valence-corrected chi connectivity index (χ4v) is 1.69. The van der Waals surface area contributed by atoms with E-state index < -0.39 is 5.60 Å². The molecule has 0 bridgehead atoms. The van der Waals surface area contributed by atoms with E-state index in [2.05, 4.69) is 0 Å². The van der Waals surface area contributed by atoms with Gasteiger partial charge in [0.15, 0.2) is 0 Å². The molecule has 2 rings (SSSR count). The number of amides is 1. The lowest BCUT2D eigenvalue weighted by molar-refractivity contribution is 0.0219. The summed E-state index contributed by atoms with van der Waals surface area (Å²) in [7, 11) is 0. The first-order valence-electron chi connectivity index (χ1n) is 5.79. The summed E-state index contributed by atoms with van der Waals surface area (Å²) in [6.07, 6.45) is 3.75. The van der Waals surface area contributed by atoms with Crippen LogP contribution in [0.25, 0.3) is 0 Å². The number of carbonyl (C=O) groups is 1. The van der Waals surface area contributed by atoms with E-state index in [1.54, 1.807) is 11.2 Å². The maximum absolute atomic E-state index is 12.0. The van der Waals surface area contributed by atoms with Gasteiger partial charge in [-0.2, -0.15) is 0 Å². The monoisotopic (exact) mass is 225 g/mol. The zero-order chi connectivity index (χ0) is 11.8. The topological polar surface area (TPSA) is 38.8 Å². The van der Waals surface area contributed by atoms with E-state index in [1.807, 2.05) is 20.8 Å². The smallest absolute Gasteiger partial charge is 0.414 e. The van der Waals surface area contributed by atoms with Gasteiger partial charge < -0.3 is 9.47 Å². The Morgan fingerprint density at radius 3 is 2.75 bits per heavy atom. The molecule has 0 spiro atoms. The van der Waals surface area contributed by atoms with E-state index in [1.165, 1.54) is 0 Å². The molecule has 1 aliphatic heterocycles. The first kappa shape index (κ1) is 11.3. The summed E-state index contributed by atoms with van der Waals surface area (Å²) in [6.45, 7) is 6.79. The van der Waals surface area contributed by atoms with Crippen LogP contribution in [0.2, 0.25) is 0 Å². The molecule has 0 radical (unpaired) electrons. The van der Waals surface area contributed by atoms with Gasteiger partial charge in [-0.05, 0) is 33.6 Å². The zero-order valence-corrected chi connectivity index (χ0v) is 10.2. The Labute approximate surface area is 96.2 Å². The molecule has 0 N–H and O–H groups in total. The van der Waals surface area contributed by atoms with Crippen molar-refractivity contribution in [2.75, 3.05) is 13.2 Å². The number of hydrogen-bond acceptors (Lipinski definition) is 3. The van der Waals surface area contributed by atoms with Crippen LogP contribution in [-0.2, 0) is 9.47 Å². The molecule has 0 aromatic carbocycles. The number of carbonyl (C=O) groups excluding carboxylic acids is 1. The number of rotatable bonds is 1. The predicted octanol–water partition coefficient (Wildman–Crippen LogP) is 2.51. The molecule has 1 fully saturated rings. The Balaban J connectivity index is 2.04. The third-order valence-electron chi connectivity index (χ3n) is 2.56. The molecule has 1 saturated carbocycles. The van der Waals surface area contributed by atoms with Gasteiger partial charge >= 0.3 is 6.09 Å². The fourth-order valence-electron chi connectivity index (χ4n) is 1.69. The van der Waals surface area contributed by atoms with Crippen molar-refractivity contribution in [1.82, 2.24) is 4.90 Å². The second-order valence-corrected chi connectivity index (χ2v) is 5.32. The van der Waals surface area contributed by atoms with Crippen LogP contribution in [0.15, 0.2) is 12.0 Å². The van der Waals surface area contributed by atoms with Crippen molar-refractivity contribution in [2.45, 2.75) is 39.2 Å². The zero-order valence-electron chi connectivity index (χ0n) is 10.2. The van der Waals surface area contributed by atoms with E-state index in [4.69, 9.17) is 9.47 Å². The fraction of sp³-hybridized carbons (Fsp3) is 0.750. The Bertz CT molecular complexity index is 313. The van der Waals surface area contributed by atoms with E-state index in [-0.39, 0.29) is 6.09 Å². The van der Waals surface area contributed by atoms with Crippen LogP contribution < -0.4 is 0 Å². The lowest BCUT2D eigenvalue weighted by Gasteiger charge is -2.31. The number of nitrogens with zero attached hydrogens (tertiary/aromatic N) is 1. The van der Waals surface area contributed by atoms with Crippen LogP contribution in [0.3, 0.4) is 0 Å². The average molecular weight is 225 g/mol. The van der Waals surface area contributed by atoms with Crippen LogP contribution in [0, 0.1) is 5.92 Å². The molecule has 0 aromatic heterocycles. The summed E-state index contributed by atoms with van der Waals surface area (Å²) in [5.74, 6) is 0.493. The molecular weight excluding hydrogens is 206 g/mol. The van der Waals surface area contributed by atoms with Gasteiger partial charge in [-0.25, -0.2) is 4.79 Å². The summed E-state index contributed by atoms with van der Waals surface area (Å²) in [5, 5.41) is 0. The Hall–Kier alpha value is -1.19.